The van der Waals surface area contributed by atoms with Crippen LogP contribution in [-0.4, -0.2) is 16.2 Å². The number of benzene rings is 2. The van der Waals surface area contributed by atoms with Gasteiger partial charge in [-0.1, -0.05) is 71.8 Å². The number of halogens is 2. The summed E-state index contributed by atoms with van der Waals surface area (Å²) in [7, 11) is 0. The van der Waals surface area contributed by atoms with Crippen LogP contribution in [0.15, 0.2) is 48.5 Å². The zero-order valence-corrected chi connectivity index (χ0v) is 15.5. The van der Waals surface area contributed by atoms with Crippen LogP contribution in [0.1, 0.15) is 23.4 Å². The van der Waals surface area contributed by atoms with Crippen LogP contribution in [0.4, 0.5) is 15.6 Å². The molecule has 1 atom stereocenters. The van der Waals surface area contributed by atoms with Crippen LogP contribution in [0, 0.1) is 0 Å². The summed E-state index contributed by atoms with van der Waals surface area (Å²) in [6.07, 6.45) is 0. The molecule has 0 bridgehead atoms. The number of urea groups is 1. The van der Waals surface area contributed by atoms with Crippen LogP contribution in [0.5, 0.6) is 0 Å². The van der Waals surface area contributed by atoms with Crippen molar-refractivity contribution in [2.75, 3.05) is 10.6 Å². The molecule has 128 valence electrons. The highest BCUT2D eigenvalue weighted by atomic mass is 35.5. The summed E-state index contributed by atoms with van der Waals surface area (Å²) in [6.45, 7) is 2.05. The fourth-order valence-electron chi connectivity index (χ4n) is 2.19. The van der Waals surface area contributed by atoms with E-state index in [2.05, 4.69) is 20.8 Å². The second-order valence-corrected chi connectivity index (χ2v) is 7.13. The molecular weight excluding hydrogens is 379 g/mol. The third-order valence-corrected chi connectivity index (χ3v) is 5.08. The Bertz CT molecular complexity index is 885. The maximum Gasteiger partial charge on any atom is 0.325 e. The molecule has 0 unspecified atom stereocenters. The van der Waals surface area contributed by atoms with Crippen molar-refractivity contribution in [1.82, 2.24) is 10.2 Å². The normalized spacial score (nSPS) is 11.8. The molecule has 1 aromatic heterocycles. The minimum Gasteiger partial charge on any atom is -0.306 e. The highest BCUT2D eigenvalue weighted by molar-refractivity contribution is 7.15. The van der Waals surface area contributed by atoms with E-state index in [0.717, 1.165) is 10.6 Å². The van der Waals surface area contributed by atoms with Gasteiger partial charge in [-0.25, -0.2) is 4.79 Å². The molecule has 25 heavy (non-hydrogen) atoms. The number of carbonyl (C=O) groups is 1. The summed E-state index contributed by atoms with van der Waals surface area (Å²) in [4.78, 5) is 12.1. The van der Waals surface area contributed by atoms with Crippen molar-refractivity contribution in [3.63, 3.8) is 0 Å². The van der Waals surface area contributed by atoms with Gasteiger partial charge in [0.05, 0.1) is 10.7 Å². The largest absolute Gasteiger partial charge is 0.325 e. The first-order chi connectivity index (χ1) is 12.0. The van der Waals surface area contributed by atoms with Gasteiger partial charge in [0.2, 0.25) is 5.13 Å². The molecule has 0 radical (unpaired) electrons. The van der Waals surface area contributed by atoms with Crippen LogP contribution >= 0.6 is 34.5 Å². The first-order valence-electron chi connectivity index (χ1n) is 7.44. The predicted molar refractivity (Wildman–Crippen MR) is 103 cm³/mol. The number of hydrogen-bond donors (Lipinski definition) is 2. The number of anilines is 2. The van der Waals surface area contributed by atoms with E-state index >= 15 is 0 Å². The van der Waals surface area contributed by atoms with Gasteiger partial charge in [0, 0.05) is 10.9 Å². The van der Waals surface area contributed by atoms with Crippen molar-refractivity contribution in [2.45, 2.75) is 12.8 Å². The number of aromatic nitrogens is 2. The molecule has 2 aromatic carbocycles. The van der Waals surface area contributed by atoms with Crippen molar-refractivity contribution in [2.24, 2.45) is 0 Å². The van der Waals surface area contributed by atoms with Gasteiger partial charge in [0.1, 0.15) is 5.01 Å². The summed E-state index contributed by atoms with van der Waals surface area (Å²) in [5.74, 6) is 0.100. The van der Waals surface area contributed by atoms with Crippen molar-refractivity contribution in [3.8, 4) is 0 Å². The topological polar surface area (TPSA) is 66.9 Å². The van der Waals surface area contributed by atoms with E-state index in [1.807, 2.05) is 37.3 Å². The molecule has 0 spiro atoms. The van der Waals surface area contributed by atoms with Gasteiger partial charge >= 0.3 is 6.03 Å². The zero-order valence-electron chi connectivity index (χ0n) is 13.2. The first kappa shape index (κ1) is 17.7. The Morgan fingerprint density at radius 1 is 1.08 bits per heavy atom. The molecule has 0 saturated heterocycles. The lowest BCUT2D eigenvalue weighted by atomic mass is 10.0. The summed E-state index contributed by atoms with van der Waals surface area (Å²) in [5.41, 5.74) is 1.61. The minimum absolute atomic E-state index is 0.100. The molecule has 0 fully saturated rings. The number of hydrogen-bond acceptors (Lipinski definition) is 4. The molecule has 3 aromatic rings. The van der Waals surface area contributed by atoms with Gasteiger partial charge in [-0.05, 0) is 23.8 Å². The highest BCUT2D eigenvalue weighted by Crippen LogP contribution is 2.29. The summed E-state index contributed by atoms with van der Waals surface area (Å²) in [6, 6.07) is 14.4. The van der Waals surface area contributed by atoms with E-state index in [1.165, 1.54) is 11.3 Å². The van der Waals surface area contributed by atoms with E-state index in [-0.39, 0.29) is 5.92 Å². The molecule has 2 amide bonds. The van der Waals surface area contributed by atoms with Crippen molar-refractivity contribution in [1.29, 1.82) is 0 Å². The quantitative estimate of drug-likeness (QED) is 0.603. The van der Waals surface area contributed by atoms with E-state index in [4.69, 9.17) is 23.2 Å². The third-order valence-electron chi connectivity index (χ3n) is 3.51. The second kappa shape index (κ2) is 7.82. The fourth-order valence-corrected chi connectivity index (χ4v) is 3.46. The molecule has 2 N–H and O–H groups in total. The number of nitrogens with zero attached hydrogens (tertiary/aromatic N) is 2. The Kier molecular flexibility index (Phi) is 5.53. The smallest absolute Gasteiger partial charge is 0.306 e. The SMILES string of the molecule is C[C@@H](c1ccccc1)c1nnc(NC(=O)Nc2ccc(Cl)cc2Cl)s1. The maximum atomic E-state index is 12.1. The van der Waals surface area contributed by atoms with Gasteiger partial charge < -0.3 is 5.32 Å². The van der Waals surface area contributed by atoms with Gasteiger partial charge in [-0.2, -0.15) is 0 Å². The third kappa shape index (κ3) is 4.48. The summed E-state index contributed by atoms with van der Waals surface area (Å²) < 4.78 is 0. The Morgan fingerprint density at radius 3 is 2.56 bits per heavy atom. The van der Waals surface area contributed by atoms with Crippen LogP contribution in [0.2, 0.25) is 10.0 Å². The van der Waals surface area contributed by atoms with Crippen LogP contribution in [0.3, 0.4) is 0 Å². The highest BCUT2D eigenvalue weighted by Gasteiger charge is 2.15. The van der Waals surface area contributed by atoms with Crippen LogP contribution in [0.25, 0.3) is 0 Å². The molecule has 0 aliphatic rings. The monoisotopic (exact) mass is 392 g/mol. The van der Waals surface area contributed by atoms with Crippen molar-refractivity contribution in [3.05, 3.63) is 69.1 Å². The fraction of sp³-hybridized carbons (Fsp3) is 0.118. The van der Waals surface area contributed by atoms with Crippen LogP contribution < -0.4 is 10.6 Å². The lowest BCUT2D eigenvalue weighted by Gasteiger charge is -2.07. The lowest BCUT2D eigenvalue weighted by molar-refractivity contribution is 0.262. The van der Waals surface area contributed by atoms with E-state index in [0.29, 0.717) is 20.9 Å². The standard InChI is InChI=1S/C17H14Cl2N4OS/c1-10(11-5-3-2-4-6-11)15-22-23-17(25-15)21-16(24)20-14-8-7-12(18)9-13(14)19/h2-10H,1H3,(H2,20,21,23,24)/t10-/m0/s1. The van der Waals surface area contributed by atoms with Crippen molar-refractivity contribution < 1.29 is 4.79 Å². The number of rotatable bonds is 4. The van der Waals surface area contributed by atoms with Gasteiger partial charge in [0.15, 0.2) is 0 Å². The zero-order chi connectivity index (χ0) is 17.8. The minimum atomic E-state index is -0.445. The first-order valence-corrected chi connectivity index (χ1v) is 9.01. The maximum absolute atomic E-state index is 12.1. The Hall–Kier alpha value is -2.15. The van der Waals surface area contributed by atoms with Gasteiger partial charge in [-0.3, -0.25) is 5.32 Å². The number of amides is 2. The Balaban J connectivity index is 1.66. The summed E-state index contributed by atoms with van der Waals surface area (Å²) >= 11 is 13.2. The molecule has 0 aliphatic carbocycles. The molecule has 8 heteroatoms. The molecule has 0 saturated carbocycles. The van der Waals surface area contributed by atoms with Crippen molar-refractivity contribution >= 4 is 51.4 Å². The predicted octanol–water partition coefficient (Wildman–Crippen LogP) is 5.64. The van der Waals surface area contributed by atoms with Gasteiger partial charge in [0.25, 0.3) is 0 Å². The van der Waals surface area contributed by atoms with E-state index in [9.17, 15) is 4.79 Å². The molecule has 1 heterocycles. The van der Waals surface area contributed by atoms with E-state index in [1.54, 1.807) is 18.2 Å². The molecule has 3 rings (SSSR count). The summed E-state index contributed by atoms with van der Waals surface area (Å²) in [5, 5.41) is 15.6. The Labute approximate surface area is 159 Å². The Morgan fingerprint density at radius 2 is 1.84 bits per heavy atom. The number of carbonyl (C=O) groups excluding carboxylic acids is 1. The van der Waals surface area contributed by atoms with Crippen LogP contribution in [-0.2, 0) is 0 Å². The molecular formula is C17H14Cl2N4OS. The molecule has 0 aliphatic heterocycles. The van der Waals surface area contributed by atoms with E-state index < -0.39 is 6.03 Å². The average molecular weight is 393 g/mol. The lowest BCUT2D eigenvalue weighted by Crippen LogP contribution is -2.19. The molecule has 5 nitrogen and oxygen atoms in total. The average Bonchev–Trinajstić information content (AvgIpc) is 3.06. The second-order valence-electron chi connectivity index (χ2n) is 5.28. The van der Waals surface area contributed by atoms with Gasteiger partial charge in [-0.15, -0.1) is 10.2 Å². The number of nitrogens with one attached hydrogen (secondary N) is 2.